The summed E-state index contributed by atoms with van der Waals surface area (Å²) in [5.74, 6) is -0.641. The lowest BCUT2D eigenvalue weighted by molar-refractivity contribution is 0.453. The van der Waals surface area contributed by atoms with Gasteiger partial charge >= 0.3 is 0 Å². The predicted octanol–water partition coefficient (Wildman–Crippen LogP) is 1.87. The number of nitrogens with zero attached hydrogens (tertiary/aromatic N) is 1. The first-order valence-electron chi connectivity index (χ1n) is 5.60. The van der Waals surface area contributed by atoms with Crippen molar-refractivity contribution in [2.24, 2.45) is 11.7 Å². The summed E-state index contributed by atoms with van der Waals surface area (Å²) in [5.41, 5.74) is 5.52. The Balaban J connectivity index is 0.00000180. The minimum absolute atomic E-state index is 0. The second-order valence-electron chi connectivity index (χ2n) is 4.33. The third-order valence-corrected chi connectivity index (χ3v) is 5.21. The molecule has 0 radical (unpaired) electrons. The molecule has 0 saturated carbocycles. The highest BCUT2D eigenvalue weighted by Gasteiger charge is 2.33. The second kappa shape index (κ2) is 6.37. The molecule has 0 aromatic heterocycles. The van der Waals surface area contributed by atoms with Crippen molar-refractivity contribution >= 4 is 34.0 Å². The van der Waals surface area contributed by atoms with Crippen molar-refractivity contribution in [1.29, 1.82) is 0 Å². The SMILES string of the molecule is Cl.NCC1CCN(S(=O)(=O)c2cc(Cl)ccc2F)C1. The predicted molar refractivity (Wildman–Crippen MR) is 74.6 cm³/mol. The molecule has 1 heterocycles. The highest BCUT2D eigenvalue weighted by molar-refractivity contribution is 7.89. The van der Waals surface area contributed by atoms with Crippen LogP contribution in [0.25, 0.3) is 0 Å². The van der Waals surface area contributed by atoms with Crippen LogP contribution in [0.2, 0.25) is 5.02 Å². The van der Waals surface area contributed by atoms with Crippen LogP contribution in [-0.2, 0) is 10.0 Å². The van der Waals surface area contributed by atoms with Gasteiger partial charge in [0.2, 0.25) is 10.0 Å². The van der Waals surface area contributed by atoms with Crippen LogP contribution < -0.4 is 5.73 Å². The Morgan fingerprint density at radius 2 is 2.16 bits per heavy atom. The maximum absolute atomic E-state index is 13.6. The first-order chi connectivity index (χ1) is 8.45. The summed E-state index contributed by atoms with van der Waals surface area (Å²) < 4.78 is 39.4. The van der Waals surface area contributed by atoms with E-state index in [1.54, 1.807) is 0 Å². The van der Waals surface area contributed by atoms with Crippen molar-refractivity contribution in [3.63, 3.8) is 0 Å². The fraction of sp³-hybridized carbons (Fsp3) is 0.455. The van der Waals surface area contributed by atoms with E-state index < -0.39 is 15.8 Å². The van der Waals surface area contributed by atoms with Crippen LogP contribution >= 0.6 is 24.0 Å². The molecule has 0 amide bonds. The minimum atomic E-state index is -3.82. The number of rotatable bonds is 3. The molecule has 1 atom stereocenters. The average molecular weight is 329 g/mol. The molecule has 8 heteroatoms. The van der Waals surface area contributed by atoms with E-state index >= 15 is 0 Å². The topological polar surface area (TPSA) is 63.4 Å². The van der Waals surface area contributed by atoms with Gasteiger partial charge in [-0.2, -0.15) is 4.31 Å². The maximum atomic E-state index is 13.6. The van der Waals surface area contributed by atoms with E-state index in [1.807, 2.05) is 0 Å². The largest absolute Gasteiger partial charge is 0.330 e. The standard InChI is InChI=1S/C11H14ClFN2O2S.ClH/c12-9-1-2-10(13)11(5-9)18(16,17)15-4-3-8(6-14)7-15;/h1-2,5,8H,3-4,6-7,14H2;1H. The molecular formula is C11H15Cl2FN2O2S. The Morgan fingerprint density at radius 1 is 1.47 bits per heavy atom. The van der Waals surface area contributed by atoms with Crippen LogP contribution in [0.3, 0.4) is 0 Å². The molecule has 1 aromatic rings. The first-order valence-corrected chi connectivity index (χ1v) is 7.42. The lowest BCUT2D eigenvalue weighted by Crippen LogP contribution is -2.30. The highest BCUT2D eigenvalue weighted by atomic mass is 35.5. The van der Waals surface area contributed by atoms with E-state index in [0.717, 1.165) is 12.1 Å². The van der Waals surface area contributed by atoms with E-state index in [9.17, 15) is 12.8 Å². The summed E-state index contributed by atoms with van der Waals surface area (Å²) in [7, 11) is -3.82. The molecule has 1 aliphatic rings. The third-order valence-electron chi connectivity index (χ3n) is 3.09. The first kappa shape index (κ1) is 16.7. The molecule has 0 spiro atoms. The Labute approximate surface area is 123 Å². The molecular weight excluding hydrogens is 314 g/mol. The summed E-state index contributed by atoms with van der Waals surface area (Å²) in [6.07, 6.45) is 0.706. The van der Waals surface area contributed by atoms with Gasteiger partial charge in [0.1, 0.15) is 10.7 Å². The average Bonchev–Trinajstić information content (AvgIpc) is 2.81. The highest BCUT2D eigenvalue weighted by Crippen LogP contribution is 2.27. The minimum Gasteiger partial charge on any atom is -0.330 e. The normalized spacial score (nSPS) is 20.3. The van der Waals surface area contributed by atoms with Crippen molar-refractivity contribution in [2.45, 2.75) is 11.3 Å². The molecule has 19 heavy (non-hydrogen) atoms. The van der Waals surface area contributed by atoms with Gasteiger partial charge in [-0.05, 0) is 37.1 Å². The zero-order valence-corrected chi connectivity index (χ0v) is 12.4. The Hall–Kier alpha value is -0.400. The number of hydrogen-bond acceptors (Lipinski definition) is 3. The molecule has 4 nitrogen and oxygen atoms in total. The Bertz CT molecular complexity index is 554. The number of nitrogens with two attached hydrogens (primary N) is 1. The number of halogens is 3. The molecule has 0 aliphatic carbocycles. The van der Waals surface area contributed by atoms with Gasteiger partial charge in [0, 0.05) is 18.1 Å². The molecule has 1 unspecified atom stereocenters. The van der Waals surface area contributed by atoms with Gasteiger partial charge in [-0.25, -0.2) is 12.8 Å². The molecule has 0 bridgehead atoms. The van der Waals surface area contributed by atoms with E-state index in [1.165, 1.54) is 10.4 Å². The van der Waals surface area contributed by atoms with Crippen molar-refractivity contribution in [3.05, 3.63) is 29.0 Å². The summed E-state index contributed by atoms with van der Waals surface area (Å²) in [5, 5.41) is 0.199. The van der Waals surface area contributed by atoms with E-state index in [4.69, 9.17) is 17.3 Å². The van der Waals surface area contributed by atoms with Gasteiger partial charge in [0.05, 0.1) is 0 Å². The smallest absolute Gasteiger partial charge is 0.246 e. The summed E-state index contributed by atoms with van der Waals surface area (Å²) in [6.45, 7) is 1.14. The van der Waals surface area contributed by atoms with E-state index in [-0.39, 0.29) is 28.2 Å². The van der Waals surface area contributed by atoms with Crippen molar-refractivity contribution in [3.8, 4) is 0 Å². The fourth-order valence-electron chi connectivity index (χ4n) is 2.02. The van der Waals surface area contributed by atoms with Crippen LogP contribution in [0.1, 0.15) is 6.42 Å². The molecule has 1 aromatic carbocycles. The molecule has 108 valence electrons. The Kier molecular flexibility index (Phi) is 5.58. The summed E-state index contributed by atoms with van der Waals surface area (Å²) in [6, 6.07) is 3.52. The molecule has 1 fully saturated rings. The number of benzene rings is 1. The van der Waals surface area contributed by atoms with Gasteiger partial charge in [0.15, 0.2) is 0 Å². The third kappa shape index (κ3) is 3.38. The van der Waals surface area contributed by atoms with Gasteiger partial charge < -0.3 is 5.73 Å². The number of hydrogen-bond donors (Lipinski definition) is 1. The second-order valence-corrected chi connectivity index (χ2v) is 6.67. The van der Waals surface area contributed by atoms with E-state index in [2.05, 4.69) is 0 Å². The number of sulfonamides is 1. The maximum Gasteiger partial charge on any atom is 0.246 e. The molecule has 2 N–H and O–H groups in total. The van der Waals surface area contributed by atoms with Gasteiger partial charge in [-0.1, -0.05) is 11.6 Å². The zero-order chi connectivity index (χ0) is 13.3. The fourth-order valence-corrected chi connectivity index (χ4v) is 3.88. The van der Waals surface area contributed by atoms with Gasteiger partial charge in [-0.3, -0.25) is 0 Å². The Morgan fingerprint density at radius 3 is 2.74 bits per heavy atom. The van der Waals surface area contributed by atoms with Crippen molar-refractivity contribution in [2.75, 3.05) is 19.6 Å². The summed E-state index contributed by atoms with van der Waals surface area (Å²) >= 11 is 5.72. The quantitative estimate of drug-likeness (QED) is 0.921. The van der Waals surface area contributed by atoms with E-state index in [0.29, 0.717) is 26.1 Å². The van der Waals surface area contributed by atoms with Crippen LogP contribution in [0.5, 0.6) is 0 Å². The lowest BCUT2D eigenvalue weighted by atomic mass is 10.1. The molecule has 1 aliphatic heterocycles. The molecule has 1 saturated heterocycles. The van der Waals surface area contributed by atoms with Crippen LogP contribution in [0.15, 0.2) is 23.1 Å². The van der Waals surface area contributed by atoms with Crippen LogP contribution in [0.4, 0.5) is 4.39 Å². The van der Waals surface area contributed by atoms with Gasteiger partial charge in [0.25, 0.3) is 0 Å². The van der Waals surface area contributed by atoms with Crippen molar-refractivity contribution < 1.29 is 12.8 Å². The van der Waals surface area contributed by atoms with Crippen LogP contribution in [-0.4, -0.2) is 32.4 Å². The van der Waals surface area contributed by atoms with Crippen molar-refractivity contribution in [1.82, 2.24) is 4.31 Å². The van der Waals surface area contributed by atoms with Crippen LogP contribution in [0, 0.1) is 11.7 Å². The zero-order valence-electron chi connectivity index (χ0n) is 10.1. The van der Waals surface area contributed by atoms with Gasteiger partial charge in [-0.15, -0.1) is 12.4 Å². The molecule has 2 rings (SSSR count). The summed E-state index contributed by atoms with van der Waals surface area (Å²) in [4.78, 5) is -0.368. The lowest BCUT2D eigenvalue weighted by Gasteiger charge is -2.16. The monoisotopic (exact) mass is 328 g/mol.